The summed E-state index contributed by atoms with van der Waals surface area (Å²) >= 11 is 0. The summed E-state index contributed by atoms with van der Waals surface area (Å²) in [4.78, 5) is 0.294. The van der Waals surface area contributed by atoms with E-state index in [2.05, 4.69) is 0 Å². The van der Waals surface area contributed by atoms with Crippen LogP contribution in [0.2, 0.25) is 0 Å². The first-order valence-electron chi connectivity index (χ1n) is 7.10. The monoisotopic (exact) mass is 314 g/mol. The van der Waals surface area contributed by atoms with Crippen LogP contribution in [0.25, 0.3) is 0 Å². The van der Waals surface area contributed by atoms with Crippen molar-refractivity contribution in [2.75, 3.05) is 26.3 Å². The molecule has 21 heavy (non-hydrogen) atoms. The highest BCUT2D eigenvalue weighted by Crippen LogP contribution is 2.24. The molecule has 1 saturated heterocycles. The zero-order valence-electron chi connectivity index (χ0n) is 11.9. The van der Waals surface area contributed by atoms with E-state index in [0.29, 0.717) is 43.0 Å². The van der Waals surface area contributed by atoms with Crippen LogP contribution in [0, 0.1) is 0 Å². The van der Waals surface area contributed by atoms with Gasteiger partial charge >= 0.3 is 0 Å². The summed E-state index contributed by atoms with van der Waals surface area (Å²) in [6, 6.07) is 6.84. The zero-order chi connectivity index (χ0) is 15.3. The smallest absolute Gasteiger partial charge is 0.243 e. The molecule has 0 saturated carbocycles. The molecule has 0 bridgehead atoms. The van der Waals surface area contributed by atoms with Crippen molar-refractivity contribution in [3.05, 3.63) is 29.8 Å². The summed E-state index contributed by atoms with van der Waals surface area (Å²) in [5.41, 5.74) is 6.26. The number of nitrogens with zero attached hydrogens (tertiary/aromatic N) is 1. The lowest BCUT2D eigenvalue weighted by Gasteiger charge is -2.31. The van der Waals surface area contributed by atoms with E-state index < -0.39 is 10.0 Å². The molecule has 2 rings (SSSR count). The number of hydrogen-bond donors (Lipinski definition) is 2. The highest BCUT2D eigenvalue weighted by atomic mass is 32.2. The third-order valence-corrected chi connectivity index (χ3v) is 5.66. The minimum Gasteiger partial charge on any atom is -0.394 e. The second-order valence-electron chi connectivity index (χ2n) is 5.01. The summed E-state index contributed by atoms with van der Waals surface area (Å²) in [5, 5.41) is 8.74. The Morgan fingerprint density at radius 2 is 1.95 bits per heavy atom. The van der Waals surface area contributed by atoms with Gasteiger partial charge in [-0.15, -0.1) is 0 Å². The highest BCUT2D eigenvalue weighted by molar-refractivity contribution is 7.89. The Kier molecular flexibility index (Phi) is 5.72. The predicted octanol–water partition coefficient (Wildman–Crippen LogP) is 0.307. The van der Waals surface area contributed by atoms with Crippen LogP contribution in [0.4, 0.5) is 0 Å². The van der Waals surface area contributed by atoms with E-state index in [-0.39, 0.29) is 19.3 Å². The third-order valence-electron chi connectivity index (χ3n) is 3.66. The van der Waals surface area contributed by atoms with Crippen LogP contribution < -0.4 is 5.73 Å². The van der Waals surface area contributed by atoms with Crippen LogP contribution in [-0.2, 0) is 21.3 Å². The van der Waals surface area contributed by atoms with Crippen LogP contribution in [0.5, 0.6) is 0 Å². The van der Waals surface area contributed by atoms with Crippen LogP contribution in [0.15, 0.2) is 29.2 Å². The molecule has 0 aromatic heterocycles. The lowest BCUT2D eigenvalue weighted by molar-refractivity contribution is 0.00318. The Morgan fingerprint density at radius 1 is 1.29 bits per heavy atom. The lowest BCUT2D eigenvalue weighted by atomic mass is 10.1. The summed E-state index contributed by atoms with van der Waals surface area (Å²) in [7, 11) is -3.50. The molecule has 1 aromatic rings. The zero-order valence-corrected chi connectivity index (χ0v) is 12.8. The highest BCUT2D eigenvalue weighted by Gasteiger charge is 2.30. The second-order valence-corrected chi connectivity index (χ2v) is 6.92. The summed E-state index contributed by atoms with van der Waals surface area (Å²) in [6.45, 7) is 1.34. The molecular formula is C14H22N2O4S. The standard InChI is InChI=1S/C14H22N2O4S/c15-11-12-3-1-2-4-14(12)21(18,19)16-7-5-13(6-8-16)20-10-9-17/h1-4,13,17H,5-11,15H2. The van der Waals surface area contributed by atoms with Crippen molar-refractivity contribution < 1.29 is 18.3 Å². The number of piperidine rings is 1. The van der Waals surface area contributed by atoms with Crippen LogP contribution in [0.1, 0.15) is 18.4 Å². The second kappa shape index (κ2) is 7.33. The molecular weight excluding hydrogens is 292 g/mol. The van der Waals surface area contributed by atoms with Gasteiger partial charge in [0, 0.05) is 19.6 Å². The summed E-state index contributed by atoms with van der Waals surface area (Å²) in [5.74, 6) is 0. The normalized spacial score (nSPS) is 18.0. The van der Waals surface area contributed by atoms with E-state index in [1.54, 1.807) is 24.3 Å². The fourth-order valence-corrected chi connectivity index (χ4v) is 4.22. The molecule has 1 heterocycles. The van der Waals surface area contributed by atoms with E-state index in [9.17, 15) is 8.42 Å². The van der Waals surface area contributed by atoms with Gasteiger partial charge in [0.2, 0.25) is 10.0 Å². The third kappa shape index (κ3) is 3.81. The minimum atomic E-state index is -3.50. The Labute approximate surface area is 125 Å². The molecule has 118 valence electrons. The number of benzene rings is 1. The number of hydrogen-bond acceptors (Lipinski definition) is 5. The average molecular weight is 314 g/mol. The summed E-state index contributed by atoms with van der Waals surface area (Å²) in [6.07, 6.45) is 1.31. The first-order valence-corrected chi connectivity index (χ1v) is 8.54. The van der Waals surface area contributed by atoms with E-state index in [0.717, 1.165) is 0 Å². The van der Waals surface area contributed by atoms with E-state index in [1.807, 2.05) is 0 Å². The van der Waals surface area contributed by atoms with Crippen molar-refractivity contribution in [2.24, 2.45) is 5.73 Å². The van der Waals surface area contributed by atoms with Gasteiger partial charge in [-0.3, -0.25) is 0 Å². The maximum atomic E-state index is 12.7. The number of aliphatic hydroxyl groups is 1. The number of nitrogens with two attached hydrogens (primary N) is 1. The molecule has 0 radical (unpaired) electrons. The molecule has 7 heteroatoms. The fourth-order valence-electron chi connectivity index (χ4n) is 2.52. The topological polar surface area (TPSA) is 92.9 Å². The largest absolute Gasteiger partial charge is 0.394 e. The van der Waals surface area contributed by atoms with Crippen LogP contribution >= 0.6 is 0 Å². The van der Waals surface area contributed by atoms with E-state index in [1.165, 1.54) is 4.31 Å². The maximum Gasteiger partial charge on any atom is 0.243 e. The molecule has 1 aromatic carbocycles. The number of rotatable bonds is 6. The van der Waals surface area contributed by atoms with Gasteiger partial charge in [0.15, 0.2) is 0 Å². The van der Waals surface area contributed by atoms with Crippen molar-refractivity contribution >= 4 is 10.0 Å². The number of aliphatic hydroxyl groups excluding tert-OH is 1. The molecule has 0 atom stereocenters. The molecule has 0 unspecified atom stereocenters. The fraction of sp³-hybridized carbons (Fsp3) is 0.571. The molecule has 0 amide bonds. The molecule has 0 aliphatic carbocycles. The van der Waals surface area contributed by atoms with Gasteiger partial charge < -0.3 is 15.6 Å². The van der Waals surface area contributed by atoms with Crippen molar-refractivity contribution in [3.8, 4) is 0 Å². The Hall–Kier alpha value is -0.990. The van der Waals surface area contributed by atoms with Crippen molar-refractivity contribution in [2.45, 2.75) is 30.4 Å². The maximum absolute atomic E-state index is 12.7. The van der Waals surface area contributed by atoms with Crippen molar-refractivity contribution in [1.82, 2.24) is 4.31 Å². The average Bonchev–Trinajstić information content (AvgIpc) is 2.53. The van der Waals surface area contributed by atoms with Gasteiger partial charge in [0.25, 0.3) is 0 Å². The molecule has 0 spiro atoms. The first kappa shape index (κ1) is 16.4. The quantitative estimate of drug-likeness (QED) is 0.788. The van der Waals surface area contributed by atoms with Crippen molar-refractivity contribution in [1.29, 1.82) is 0 Å². The first-order chi connectivity index (χ1) is 10.1. The SMILES string of the molecule is NCc1ccccc1S(=O)(=O)N1CCC(OCCO)CC1. The summed E-state index contributed by atoms with van der Waals surface area (Å²) < 4.78 is 32.3. The van der Waals surface area contributed by atoms with Gasteiger partial charge in [-0.05, 0) is 24.5 Å². The molecule has 6 nitrogen and oxygen atoms in total. The van der Waals surface area contributed by atoms with Crippen LogP contribution in [-0.4, -0.2) is 50.2 Å². The molecule has 3 N–H and O–H groups in total. The van der Waals surface area contributed by atoms with Crippen molar-refractivity contribution in [3.63, 3.8) is 0 Å². The van der Waals surface area contributed by atoms with Gasteiger partial charge in [-0.2, -0.15) is 4.31 Å². The van der Waals surface area contributed by atoms with Gasteiger partial charge in [-0.25, -0.2) is 8.42 Å². The number of sulfonamides is 1. The predicted molar refractivity (Wildman–Crippen MR) is 79.2 cm³/mol. The molecule has 1 aliphatic rings. The Morgan fingerprint density at radius 3 is 2.57 bits per heavy atom. The Balaban J connectivity index is 2.08. The minimum absolute atomic E-state index is 0.0115. The number of ether oxygens (including phenoxy) is 1. The lowest BCUT2D eigenvalue weighted by Crippen LogP contribution is -2.41. The van der Waals surface area contributed by atoms with Gasteiger partial charge in [0.1, 0.15) is 0 Å². The van der Waals surface area contributed by atoms with Crippen LogP contribution in [0.3, 0.4) is 0 Å². The van der Waals surface area contributed by atoms with E-state index in [4.69, 9.17) is 15.6 Å². The Bertz CT molecular complexity index is 554. The molecule has 1 aliphatic heterocycles. The van der Waals surface area contributed by atoms with E-state index >= 15 is 0 Å². The van der Waals surface area contributed by atoms with Gasteiger partial charge in [-0.1, -0.05) is 18.2 Å². The molecule has 1 fully saturated rings. The van der Waals surface area contributed by atoms with Gasteiger partial charge in [0.05, 0.1) is 24.2 Å².